The first-order valence-corrected chi connectivity index (χ1v) is 12.0. The molecule has 2 heterocycles. The molecule has 0 amide bonds. The van der Waals surface area contributed by atoms with Crippen LogP contribution in [0.2, 0.25) is 0 Å². The molecule has 0 aliphatic carbocycles. The van der Waals surface area contributed by atoms with Gasteiger partial charge >= 0.3 is 0 Å². The number of hydrogen-bond acceptors (Lipinski definition) is 5. The zero-order valence-electron chi connectivity index (χ0n) is 19.8. The number of aliphatic imine (C=N–C) groups is 1. The molecule has 1 aromatic carbocycles. The van der Waals surface area contributed by atoms with Gasteiger partial charge in [-0.3, -0.25) is 4.90 Å². The van der Waals surface area contributed by atoms with E-state index in [9.17, 15) is 9.50 Å². The van der Waals surface area contributed by atoms with Gasteiger partial charge in [-0.05, 0) is 43.4 Å². The highest BCUT2D eigenvalue weighted by atomic mass is 19.1. The molecule has 0 spiro atoms. The Morgan fingerprint density at radius 1 is 1.19 bits per heavy atom. The van der Waals surface area contributed by atoms with E-state index in [1.54, 1.807) is 6.07 Å². The third kappa shape index (κ3) is 7.05. The molecule has 32 heavy (non-hydrogen) atoms. The minimum atomic E-state index is -0.265. The van der Waals surface area contributed by atoms with Crippen LogP contribution in [0.3, 0.4) is 0 Å². The molecule has 3 N–H and O–H groups in total. The number of anilines is 1. The van der Waals surface area contributed by atoms with Crippen LogP contribution < -0.4 is 15.5 Å². The smallest absolute Gasteiger partial charge is 0.191 e. The van der Waals surface area contributed by atoms with Crippen molar-refractivity contribution in [3.63, 3.8) is 0 Å². The van der Waals surface area contributed by atoms with Gasteiger partial charge in [-0.15, -0.1) is 0 Å². The van der Waals surface area contributed by atoms with Gasteiger partial charge in [-0.1, -0.05) is 19.9 Å². The predicted molar refractivity (Wildman–Crippen MR) is 128 cm³/mol. The van der Waals surface area contributed by atoms with E-state index in [0.29, 0.717) is 50.1 Å². The Morgan fingerprint density at radius 3 is 2.53 bits per heavy atom. The van der Waals surface area contributed by atoms with Crippen molar-refractivity contribution in [1.29, 1.82) is 0 Å². The molecular formula is C24H40FN5O2. The third-order valence-electron chi connectivity index (χ3n) is 6.34. The molecule has 2 aliphatic heterocycles. The van der Waals surface area contributed by atoms with Gasteiger partial charge in [0, 0.05) is 45.3 Å². The largest absolute Gasteiger partial charge is 0.393 e. The molecule has 2 aliphatic rings. The summed E-state index contributed by atoms with van der Waals surface area (Å²) in [7, 11) is 0. The van der Waals surface area contributed by atoms with Crippen molar-refractivity contribution < 1.29 is 14.2 Å². The summed E-state index contributed by atoms with van der Waals surface area (Å²) in [6, 6.07) is 5.77. The molecule has 8 heteroatoms. The van der Waals surface area contributed by atoms with E-state index < -0.39 is 0 Å². The molecule has 1 aromatic rings. The van der Waals surface area contributed by atoms with Crippen LogP contribution in [0, 0.1) is 11.7 Å². The first kappa shape index (κ1) is 24.7. The second-order valence-electron chi connectivity index (χ2n) is 9.04. The lowest BCUT2D eigenvalue weighted by atomic mass is 10.0. The monoisotopic (exact) mass is 449 g/mol. The van der Waals surface area contributed by atoms with Crippen molar-refractivity contribution in [3.05, 3.63) is 29.6 Å². The van der Waals surface area contributed by atoms with Crippen LogP contribution in [0.4, 0.5) is 10.1 Å². The number of piperidine rings is 1. The maximum absolute atomic E-state index is 14.8. The summed E-state index contributed by atoms with van der Waals surface area (Å²) in [6.07, 6.45) is 1.11. The standard InChI is InChI=1S/C24H40FN5O2/c1-4-26-24(28-17-23(18(2)3)30-11-13-32-14-12-30)27-16-19-5-6-22(21(25)15-19)29-9-7-20(31)8-10-29/h5-6,15,18,20,23,31H,4,7-14,16-17H2,1-3H3,(H2,26,27,28). The van der Waals surface area contributed by atoms with Crippen LogP contribution in [-0.2, 0) is 11.3 Å². The highest BCUT2D eigenvalue weighted by molar-refractivity contribution is 5.79. The molecule has 0 bridgehead atoms. The first-order valence-electron chi connectivity index (χ1n) is 12.0. The number of morpholine rings is 1. The molecule has 2 fully saturated rings. The lowest BCUT2D eigenvalue weighted by Crippen LogP contribution is -2.52. The topological polar surface area (TPSA) is 72.4 Å². The highest BCUT2D eigenvalue weighted by Gasteiger charge is 2.24. The number of guanidine groups is 1. The van der Waals surface area contributed by atoms with Gasteiger partial charge in [0.1, 0.15) is 5.82 Å². The van der Waals surface area contributed by atoms with Crippen LogP contribution in [-0.4, -0.2) is 80.6 Å². The van der Waals surface area contributed by atoms with E-state index in [-0.39, 0.29) is 11.9 Å². The van der Waals surface area contributed by atoms with Crippen molar-refractivity contribution in [3.8, 4) is 0 Å². The van der Waals surface area contributed by atoms with E-state index in [4.69, 9.17) is 9.73 Å². The number of aliphatic hydroxyl groups excluding tert-OH is 1. The van der Waals surface area contributed by atoms with Gasteiger partial charge in [-0.25, -0.2) is 9.38 Å². The van der Waals surface area contributed by atoms with Crippen LogP contribution in [0.1, 0.15) is 39.2 Å². The summed E-state index contributed by atoms with van der Waals surface area (Å²) >= 11 is 0. The summed E-state index contributed by atoms with van der Waals surface area (Å²) in [6.45, 7) is 13.4. The summed E-state index contributed by atoms with van der Waals surface area (Å²) in [4.78, 5) is 9.19. The number of rotatable bonds is 8. The summed E-state index contributed by atoms with van der Waals surface area (Å²) in [5, 5.41) is 16.5. The van der Waals surface area contributed by atoms with E-state index in [2.05, 4.69) is 29.4 Å². The Morgan fingerprint density at radius 2 is 1.91 bits per heavy atom. The Bertz CT molecular complexity index is 731. The molecule has 1 unspecified atom stereocenters. The Balaban J connectivity index is 1.59. The normalized spacial score (nSPS) is 19.9. The van der Waals surface area contributed by atoms with E-state index in [1.165, 1.54) is 0 Å². The molecule has 7 nitrogen and oxygen atoms in total. The first-order chi connectivity index (χ1) is 15.5. The molecule has 0 radical (unpaired) electrons. The average molecular weight is 450 g/mol. The zero-order chi connectivity index (χ0) is 22.9. The molecule has 1 atom stereocenters. The van der Waals surface area contributed by atoms with Crippen LogP contribution in [0.15, 0.2) is 23.2 Å². The number of hydrogen-bond donors (Lipinski definition) is 3. The van der Waals surface area contributed by atoms with Gasteiger partial charge in [0.05, 0.1) is 31.5 Å². The van der Waals surface area contributed by atoms with Crippen molar-refractivity contribution in [1.82, 2.24) is 15.5 Å². The second kappa shape index (κ2) is 12.4. The highest BCUT2D eigenvalue weighted by Crippen LogP contribution is 2.24. The van der Waals surface area contributed by atoms with Gasteiger partial charge < -0.3 is 25.4 Å². The fraction of sp³-hybridized carbons (Fsp3) is 0.708. The number of halogens is 1. The molecule has 180 valence electrons. The number of benzene rings is 1. The number of nitrogens with one attached hydrogen (secondary N) is 2. The van der Waals surface area contributed by atoms with E-state index in [0.717, 1.165) is 50.9 Å². The number of aliphatic hydroxyl groups is 1. The van der Waals surface area contributed by atoms with Crippen molar-refractivity contribution >= 4 is 11.6 Å². The average Bonchev–Trinajstić information content (AvgIpc) is 2.79. The summed E-state index contributed by atoms with van der Waals surface area (Å²) in [5.41, 5.74) is 1.45. The Kier molecular flexibility index (Phi) is 9.56. The quantitative estimate of drug-likeness (QED) is 0.418. The van der Waals surface area contributed by atoms with Gasteiger partial charge in [-0.2, -0.15) is 0 Å². The number of ether oxygens (including phenoxy) is 1. The predicted octanol–water partition coefficient (Wildman–Crippen LogP) is 2.20. The molecule has 3 rings (SSSR count). The second-order valence-corrected chi connectivity index (χ2v) is 9.04. The molecular weight excluding hydrogens is 409 g/mol. The van der Waals surface area contributed by atoms with Crippen LogP contribution >= 0.6 is 0 Å². The van der Waals surface area contributed by atoms with Crippen molar-refractivity contribution in [2.24, 2.45) is 10.9 Å². The van der Waals surface area contributed by atoms with Gasteiger partial charge in [0.2, 0.25) is 0 Å². The summed E-state index contributed by atoms with van der Waals surface area (Å²) < 4.78 is 20.3. The fourth-order valence-electron chi connectivity index (χ4n) is 4.42. The Hall–Kier alpha value is -1.90. The minimum Gasteiger partial charge on any atom is -0.393 e. The maximum atomic E-state index is 14.8. The van der Waals surface area contributed by atoms with E-state index in [1.807, 2.05) is 24.0 Å². The SMILES string of the molecule is CCNC(=NCc1ccc(N2CCC(O)CC2)c(F)c1)NCC(C(C)C)N1CCOCC1. The van der Waals surface area contributed by atoms with Crippen molar-refractivity contribution in [2.75, 3.05) is 57.4 Å². The van der Waals surface area contributed by atoms with Crippen molar-refractivity contribution in [2.45, 2.75) is 52.3 Å². The Labute approximate surface area is 192 Å². The summed E-state index contributed by atoms with van der Waals surface area (Å²) in [5.74, 6) is 1.04. The molecule has 0 aromatic heterocycles. The third-order valence-corrected chi connectivity index (χ3v) is 6.34. The van der Waals surface area contributed by atoms with Crippen LogP contribution in [0.5, 0.6) is 0 Å². The minimum absolute atomic E-state index is 0.223. The van der Waals surface area contributed by atoms with Gasteiger partial charge in [0.15, 0.2) is 5.96 Å². The fourth-order valence-corrected chi connectivity index (χ4v) is 4.42. The maximum Gasteiger partial charge on any atom is 0.191 e. The van der Waals surface area contributed by atoms with Crippen LogP contribution in [0.25, 0.3) is 0 Å². The lowest BCUT2D eigenvalue weighted by Gasteiger charge is -2.37. The lowest BCUT2D eigenvalue weighted by molar-refractivity contribution is 0.00752. The number of nitrogens with zero attached hydrogens (tertiary/aromatic N) is 3. The van der Waals surface area contributed by atoms with Gasteiger partial charge in [0.25, 0.3) is 0 Å². The zero-order valence-corrected chi connectivity index (χ0v) is 19.8. The molecule has 0 saturated carbocycles. The van der Waals surface area contributed by atoms with E-state index >= 15 is 0 Å². The molecule has 2 saturated heterocycles.